The number of rotatable bonds is 10. The van der Waals surface area contributed by atoms with Crippen molar-refractivity contribution in [1.82, 2.24) is 5.32 Å². The van der Waals surface area contributed by atoms with Gasteiger partial charge in [-0.2, -0.15) is 0 Å². The monoisotopic (exact) mass is 295 g/mol. The molecule has 0 aliphatic heterocycles. The first-order chi connectivity index (χ1) is 10.1. The Hall–Kier alpha value is -1.26. The van der Waals surface area contributed by atoms with E-state index in [-0.39, 0.29) is 6.10 Å². The van der Waals surface area contributed by atoms with Crippen LogP contribution >= 0.6 is 0 Å². The maximum atomic E-state index is 5.90. The molecule has 0 fully saturated rings. The Morgan fingerprint density at radius 2 is 1.90 bits per heavy atom. The molecule has 0 radical (unpaired) electrons. The molecule has 0 bridgehead atoms. The van der Waals surface area contributed by atoms with Gasteiger partial charge in [-0.25, -0.2) is 0 Å². The van der Waals surface area contributed by atoms with Gasteiger partial charge < -0.3 is 19.5 Å². The average molecular weight is 295 g/mol. The maximum Gasteiger partial charge on any atom is 0.127 e. The quantitative estimate of drug-likeness (QED) is 0.718. The summed E-state index contributed by atoms with van der Waals surface area (Å²) in [5, 5.41) is 3.41. The fourth-order valence-electron chi connectivity index (χ4n) is 1.71. The molecule has 0 aromatic heterocycles. The lowest BCUT2D eigenvalue weighted by Crippen LogP contribution is -2.23. The van der Waals surface area contributed by atoms with Gasteiger partial charge in [0.2, 0.25) is 0 Å². The van der Waals surface area contributed by atoms with Crippen LogP contribution in [0.3, 0.4) is 0 Å². The van der Waals surface area contributed by atoms with Gasteiger partial charge in [-0.05, 0) is 19.4 Å². The highest BCUT2D eigenvalue weighted by Crippen LogP contribution is 2.25. The van der Waals surface area contributed by atoms with Crippen LogP contribution in [0.1, 0.15) is 39.7 Å². The van der Waals surface area contributed by atoms with Crippen molar-refractivity contribution in [3.63, 3.8) is 0 Å². The minimum Gasteiger partial charge on any atom is -0.493 e. The van der Waals surface area contributed by atoms with Gasteiger partial charge in [0.05, 0.1) is 12.7 Å². The van der Waals surface area contributed by atoms with E-state index in [1.54, 1.807) is 7.11 Å². The third kappa shape index (κ3) is 6.82. The van der Waals surface area contributed by atoms with E-state index < -0.39 is 0 Å². The van der Waals surface area contributed by atoms with E-state index >= 15 is 0 Å². The summed E-state index contributed by atoms with van der Waals surface area (Å²) in [6.45, 7) is 10.4. The second-order valence-corrected chi connectivity index (χ2v) is 5.51. The predicted octanol–water partition coefficient (Wildman–Crippen LogP) is 3.39. The number of hydrogen-bond acceptors (Lipinski definition) is 4. The van der Waals surface area contributed by atoms with E-state index in [1.165, 1.54) is 0 Å². The number of ether oxygens (including phenoxy) is 3. The largest absolute Gasteiger partial charge is 0.493 e. The number of benzene rings is 1. The van der Waals surface area contributed by atoms with Crippen LogP contribution in [-0.2, 0) is 11.3 Å². The van der Waals surface area contributed by atoms with Crippen molar-refractivity contribution in [3.8, 4) is 11.5 Å². The summed E-state index contributed by atoms with van der Waals surface area (Å²) in [6, 6.07) is 6.47. The lowest BCUT2D eigenvalue weighted by atomic mass is 10.1. The second kappa shape index (κ2) is 9.64. The molecule has 0 heterocycles. The van der Waals surface area contributed by atoms with E-state index in [0.29, 0.717) is 12.6 Å². The molecular formula is C17H29NO3. The third-order valence-electron chi connectivity index (χ3n) is 3.09. The Morgan fingerprint density at radius 3 is 2.52 bits per heavy atom. The second-order valence-electron chi connectivity index (χ2n) is 5.51. The Kier molecular flexibility index (Phi) is 8.16. The summed E-state index contributed by atoms with van der Waals surface area (Å²) in [6.07, 6.45) is 1.06. The smallest absolute Gasteiger partial charge is 0.127 e. The normalized spacial score (nSPS) is 12.5. The number of methoxy groups -OCH3 is 1. The zero-order valence-electron chi connectivity index (χ0n) is 13.9. The molecule has 4 nitrogen and oxygen atoms in total. The molecule has 0 saturated heterocycles. The third-order valence-corrected chi connectivity index (χ3v) is 3.09. The molecule has 0 amide bonds. The van der Waals surface area contributed by atoms with E-state index in [0.717, 1.165) is 36.6 Å². The molecule has 4 heteroatoms. The molecule has 21 heavy (non-hydrogen) atoms. The Bertz CT molecular complexity index is 407. The summed E-state index contributed by atoms with van der Waals surface area (Å²) < 4.78 is 16.8. The molecule has 1 aromatic rings. The van der Waals surface area contributed by atoms with Crippen molar-refractivity contribution < 1.29 is 14.2 Å². The topological polar surface area (TPSA) is 39.7 Å². The molecule has 1 aromatic carbocycles. The molecule has 1 unspecified atom stereocenters. The molecular weight excluding hydrogens is 266 g/mol. The highest BCUT2D eigenvalue weighted by molar-refractivity contribution is 5.40. The van der Waals surface area contributed by atoms with Crippen LogP contribution in [0.4, 0.5) is 0 Å². The van der Waals surface area contributed by atoms with Crippen molar-refractivity contribution in [3.05, 3.63) is 23.8 Å². The van der Waals surface area contributed by atoms with Crippen molar-refractivity contribution in [2.24, 2.45) is 0 Å². The first-order valence-corrected chi connectivity index (χ1v) is 7.71. The fourth-order valence-corrected chi connectivity index (χ4v) is 1.71. The molecule has 0 spiro atoms. The van der Waals surface area contributed by atoms with E-state index in [9.17, 15) is 0 Å². The average Bonchev–Trinajstić information content (AvgIpc) is 2.49. The van der Waals surface area contributed by atoms with Gasteiger partial charge in [0.25, 0.3) is 0 Å². The van der Waals surface area contributed by atoms with Crippen LogP contribution in [0.2, 0.25) is 0 Å². The number of nitrogens with one attached hydrogen (secondary N) is 1. The molecule has 1 atom stereocenters. The van der Waals surface area contributed by atoms with Gasteiger partial charge in [0.1, 0.15) is 18.1 Å². The zero-order chi connectivity index (χ0) is 15.7. The summed E-state index contributed by atoms with van der Waals surface area (Å²) in [5.41, 5.74) is 1.14. The first-order valence-electron chi connectivity index (χ1n) is 7.71. The van der Waals surface area contributed by atoms with Gasteiger partial charge in [0, 0.05) is 31.3 Å². The van der Waals surface area contributed by atoms with E-state index in [1.807, 2.05) is 19.1 Å². The highest BCUT2D eigenvalue weighted by atomic mass is 16.5. The summed E-state index contributed by atoms with van der Waals surface area (Å²) in [5.74, 6) is 1.71. The van der Waals surface area contributed by atoms with Crippen LogP contribution in [0, 0.1) is 0 Å². The summed E-state index contributed by atoms with van der Waals surface area (Å²) in [4.78, 5) is 0. The van der Waals surface area contributed by atoms with E-state index in [2.05, 4.69) is 32.2 Å². The van der Waals surface area contributed by atoms with Gasteiger partial charge in [-0.3, -0.25) is 0 Å². The zero-order valence-corrected chi connectivity index (χ0v) is 13.9. The molecule has 0 aliphatic rings. The standard InChI is InChI=1S/C17H29NO3/c1-6-9-20-16-8-7-15(11-18-13(2)3)17(10-16)21-12-14(4)19-5/h7-8,10,13-14,18H,6,9,11-12H2,1-5H3. The molecule has 0 saturated carbocycles. The summed E-state index contributed by atoms with van der Waals surface area (Å²) in [7, 11) is 1.69. The van der Waals surface area contributed by atoms with Gasteiger partial charge >= 0.3 is 0 Å². The molecule has 0 aliphatic carbocycles. The van der Waals surface area contributed by atoms with Crippen molar-refractivity contribution >= 4 is 0 Å². The van der Waals surface area contributed by atoms with Gasteiger partial charge in [0.15, 0.2) is 0 Å². The lowest BCUT2D eigenvalue weighted by molar-refractivity contribution is 0.0711. The minimum atomic E-state index is 0.0659. The maximum absolute atomic E-state index is 5.90. The summed E-state index contributed by atoms with van der Waals surface area (Å²) >= 11 is 0. The van der Waals surface area contributed by atoms with Crippen molar-refractivity contribution in [1.29, 1.82) is 0 Å². The van der Waals surface area contributed by atoms with Crippen LogP contribution in [0.5, 0.6) is 11.5 Å². The molecule has 1 rings (SSSR count). The molecule has 120 valence electrons. The van der Waals surface area contributed by atoms with Crippen molar-refractivity contribution in [2.45, 2.75) is 52.8 Å². The van der Waals surface area contributed by atoms with Crippen LogP contribution < -0.4 is 14.8 Å². The Balaban J connectivity index is 2.78. The van der Waals surface area contributed by atoms with E-state index in [4.69, 9.17) is 14.2 Å². The Morgan fingerprint density at radius 1 is 1.14 bits per heavy atom. The predicted molar refractivity (Wildman–Crippen MR) is 86.2 cm³/mol. The minimum absolute atomic E-state index is 0.0659. The van der Waals surface area contributed by atoms with Crippen LogP contribution in [0.15, 0.2) is 18.2 Å². The van der Waals surface area contributed by atoms with Crippen LogP contribution in [0.25, 0.3) is 0 Å². The van der Waals surface area contributed by atoms with Crippen molar-refractivity contribution in [2.75, 3.05) is 20.3 Å². The fraction of sp³-hybridized carbons (Fsp3) is 0.647. The first kappa shape index (κ1) is 17.8. The van der Waals surface area contributed by atoms with Gasteiger partial charge in [-0.1, -0.05) is 26.8 Å². The van der Waals surface area contributed by atoms with Crippen LogP contribution in [-0.4, -0.2) is 32.5 Å². The van der Waals surface area contributed by atoms with Gasteiger partial charge in [-0.15, -0.1) is 0 Å². The SMILES string of the molecule is CCCOc1ccc(CNC(C)C)c(OCC(C)OC)c1. The Labute approximate surface area is 128 Å². The number of hydrogen-bond donors (Lipinski definition) is 1. The lowest BCUT2D eigenvalue weighted by Gasteiger charge is -2.17. The molecule has 1 N–H and O–H groups in total. The highest BCUT2D eigenvalue weighted by Gasteiger charge is 2.09.